The fraction of sp³-hybridized carbons (Fsp3) is 0.364. The van der Waals surface area contributed by atoms with Crippen molar-refractivity contribution in [2.75, 3.05) is 0 Å². The van der Waals surface area contributed by atoms with Gasteiger partial charge < -0.3 is 10.6 Å². The van der Waals surface area contributed by atoms with Crippen molar-refractivity contribution in [3.05, 3.63) is 70.0 Å². The van der Waals surface area contributed by atoms with E-state index in [1.54, 1.807) is 6.07 Å². The molecule has 1 fully saturated rings. The summed E-state index contributed by atoms with van der Waals surface area (Å²) in [6.45, 7) is 2.18. The predicted molar refractivity (Wildman–Crippen MR) is 107 cm³/mol. The van der Waals surface area contributed by atoms with Crippen molar-refractivity contribution in [3.8, 4) is 0 Å². The number of amides is 2. The summed E-state index contributed by atoms with van der Waals surface area (Å²) in [5.74, 6) is -0.407. The molecule has 1 saturated heterocycles. The number of hydrogen-bond acceptors (Lipinski definition) is 2. The minimum absolute atomic E-state index is 0.0183. The molecule has 0 bridgehead atoms. The van der Waals surface area contributed by atoms with Crippen LogP contribution in [0.5, 0.6) is 0 Å². The molecule has 28 heavy (non-hydrogen) atoms. The van der Waals surface area contributed by atoms with Crippen LogP contribution >= 0.6 is 11.6 Å². The number of nitrogens with one attached hydrogen (secondary N) is 2. The Morgan fingerprint density at radius 2 is 2.00 bits per heavy atom. The van der Waals surface area contributed by atoms with Crippen molar-refractivity contribution < 1.29 is 14.0 Å². The van der Waals surface area contributed by atoms with Gasteiger partial charge in [-0.25, -0.2) is 4.39 Å². The van der Waals surface area contributed by atoms with E-state index in [1.165, 1.54) is 12.1 Å². The Hall–Kier alpha value is -2.40. The zero-order valence-corrected chi connectivity index (χ0v) is 16.6. The number of halogens is 2. The van der Waals surface area contributed by atoms with Gasteiger partial charge >= 0.3 is 0 Å². The first-order valence-corrected chi connectivity index (χ1v) is 9.80. The van der Waals surface area contributed by atoms with Crippen molar-refractivity contribution >= 4 is 23.4 Å². The molecule has 1 aliphatic heterocycles. The number of aryl methyl sites for hydroxylation is 1. The average molecular weight is 403 g/mol. The van der Waals surface area contributed by atoms with Gasteiger partial charge in [-0.05, 0) is 67.1 Å². The lowest BCUT2D eigenvalue weighted by Crippen LogP contribution is -2.44. The molecule has 1 atom stereocenters. The molecule has 0 aliphatic carbocycles. The third kappa shape index (κ3) is 5.32. The van der Waals surface area contributed by atoms with E-state index in [2.05, 4.69) is 10.6 Å². The largest absolute Gasteiger partial charge is 0.352 e. The molecule has 148 valence electrons. The quantitative estimate of drug-likeness (QED) is 0.733. The van der Waals surface area contributed by atoms with Gasteiger partial charge in [-0.15, -0.1) is 0 Å². The number of carbonyl (C=O) groups excluding carboxylic acids is 2. The molecular weight excluding hydrogens is 379 g/mol. The van der Waals surface area contributed by atoms with E-state index in [0.29, 0.717) is 43.7 Å². The van der Waals surface area contributed by atoms with Gasteiger partial charge in [0.1, 0.15) is 5.82 Å². The van der Waals surface area contributed by atoms with Gasteiger partial charge in [-0.3, -0.25) is 9.59 Å². The Bertz CT molecular complexity index is 869. The number of rotatable bonds is 7. The van der Waals surface area contributed by atoms with Crippen LogP contribution in [-0.2, 0) is 22.6 Å². The van der Waals surface area contributed by atoms with Crippen LogP contribution in [0.1, 0.15) is 42.4 Å². The maximum absolute atomic E-state index is 13.4. The van der Waals surface area contributed by atoms with Crippen LogP contribution < -0.4 is 10.6 Å². The molecule has 0 saturated carbocycles. The second-order valence-electron chi connectivity index (χ2n) is 7.48. The predicted octanol–water partition coefficient (Wildman–Crippen LogP) is 4.08. The number of benzene rings is 2. The fourth-order valence-corrected chi connectivity index (χ4v) is 3.77. The molecule has 2 N–H and O–H groups in total. The SMILES string of the molecule is Cc1ccc(F)cc1CNC(=O)CC[C@]1(Cc2ccc(Cl)cc2)CCC(=O)N1. The van der Waals surface area contributed by atoms with E-state index in [0.717, 1.165) is 16.7 Å². The summed E-state index contributed by atoms with van der Waals surface area (Å²) in [6.07, 6.45) is 2.67. The summed E-state index contributed by atoms with van der Waals surface area (Å²) in [5.41, 5.74) is 2.35. The van der Waals surface area contributed by atoms with Crippen molar-refractivity contribution in [2.45, 2.75) is 51.1 Å². The average Bonchev–Trinajstić information content (AvgIpc) is 3.03. The first-order chi connectivity index (χ1) is 13.3. The Morgan fingerprint density at radius 1 is 1.25 bits per heavy atom. The number of carbonyl (C=O) groups is 2. The molecule has 0 unspecified atom stereocenters. The molecule has 1 heterocycles. The van der Waals surface area contributed by atoms with Crippen molar-refractivity contribution in [2.24, 2.45) is 0 Å². The molecule has 2 aromatic rings. The fourth-order valence-electron chi connectivity index (χ4n) is 3.64. The molecule has 2 aromatic carbocycles. The van der Waals surface area contributed by atoms with Gasteiger partial charge in [0.05, 0.1) is 0 Å². The lowest BCUT2D eigenvalue weighted by molar-refractivity contribution is -0.122. The molecule has 6 heteroatoms. The van der Waals surface area contributed by atoms with Crippen LogP contribution in [0.25, 0.3) is 0 Å². The summed E-state index contributed by atoms with van der Waals surface area (Å²) >= 11 is 5.95. The second kappa shape index (κ2) is 8.74. The Morgan fingerprint density at radius 3 is 2.68 bits per heavy atom. The smallest absolute Gasteiger partial charge is 0.220 e. The molecule has 2 amide bonds. The van der Waals surface area contributed by atoms with E-state index in [-0.39, 0.29) is 17.6 Å². The van der Waals surface area contributed by atoms with Crippen molar-refractivity contribution in [1.82, 2.24) is 10.6 Å². The van der Waals surface area contributed by atoms with Crippen LogP contribution in [0.15, 0.2) is 42.5 Å². The van der Waals surface area contributed by atoms with E-state index in [9.17, 15) is 14.0 Å². The highest BCUT2D eigenvalue weighted by atomic mass is 35.5. The van der Waals surface area contributed by atoms with Gasteiger partial charge in [0, 0.05) is 29.9 Å². The minimum Gasteiger partial charge on any atom is -0.352 e. The molecule has 0 spiro atoms. The van der Waals surface area contributed by atoms with Crippen LogP contribution in [0, 0.1) is 12.7 Å². The second-order valence-corrected chi connectivity index (χ2v) is 7.92. The van der Waals surface area contributed by atoms with E-state index in [4.69, 9.17) is 11.6 Å². The molecule has 0 radical (unpaired) electrons. The first kappa shape index (κ1) is 20.3. The Labute approximate surface area is 169 Å². The first-order valence-electron chi connectivity index (χ1n) is 9.42. The van der Waals surface area contributed by atoms with Gasteiger partial charge in [-0.2, -0.15) is 0 Å². The van der Waals surface area contributed by atoms with Crippen molar-refractivity contribution in [1.29, 1.82) is 0 Å². The molecule has 4 nitrogen and oxygen atoms in total. The molecular formula is C22H24ClFN2O2. The van der Waals surface area contributed by atoms with Crippen LogP contribution in [-0.4, -0.2) is 17.4 Å². The third-order valence-electron chi connectivity index (χ3n) is 5.31. The molecule has 1 aliphatic rings. The van der Waals surface area contributed by atoms with Gasteiger partial charge in [-0.1, -0.05) is 29.8 Å². The summed E-state index contributed by atoms with van der Waals surface area (Å²) in [6, 6.07) is 12.1. The standard InChI is InChI=1S/C22H24ClFN2O2/c1-15-2-7-19(24)12-17(15)14-25-20(27)8-10-22(11-9-21(28)26-22)13-16-3-5-18(23)6-4-16/h2-7,12H,8-11,13-14H2,1H3,(H,25,27)(H,26,28)/t22-/m1/s1. The maximum atomic E-state index is 13.4. The van der Waals surface area contributed by atoms with Gasteiger partial charge in [0.2, 0.25) is 11.8 Å². The third-order valence-corrected chi connectivity index (χ3v) is 5.56. The summed E-state index contributed by atoms with van der Waals surface area (Å²) in [5, 5.41) is 6.60. The minimum atomic E-state index is -0.420. The Kier molecular flexibility index (Phi) is 6.35. The normalized spacial score (nSPS) is 18.8. The monoisotopic (exact) mass is 402 g/mol. The van der Waals surface area contributed by atoms with Crippen LogP contribution in [0.3, 0.4) is 0 Å². The molecule has 0 aromatic heterocycles. The zero-order valence-electron chi connectivity index (χ0n) is 15.9. The highest BCUT2D eigenvalue weighted by Gasteiger charge is 2.37. The van der Waals surface area contributed by atoms with Crippen molar-refractivity contribution in [3.63, 3.8) is 0 Å². The summed E-state index contributed by atoms with van der Waals surface area (Å²) < 4.78 is 13.4. The summed E-state index contributed by atoms with van der Waals surface area (Å²) in [4.78, 5) is 24.2. The highest BCUT2D eigenvalue weighted by Crippen LogP contribution is 2.30. The van der Waals surface area contributed by atoms with Gasteiger partial charge in [0.15, 0.2) is 0 Å². The Balaban J connectivity index is 1.59. The van der Waals surface area contributed by atoms with E-state index < -0.39 is 5.54 Å². The molecule has 3 rings (SSSR count). The zero-order chi connectivity index (χ0) is 20.1. The van der Waals surface area contributed by atoms with E-state index in [1.807, 2.05) is 31.2 Å². The summed E-state index contributed by atoms with van der Waals surface area (Å²) in [7, 11) is 0. The number of hydrogen-bond donors (Lipinski definition) is 2. The maximum Gasteiger partial charge on any atom is 0.220 e. The lowest BCUT2D eigenvalue weighted by atomic mass is 9.85. The topological polar surface area (TPSA) is 58.2 Å². The lowest BCUT2D eigenvalue weighted by Gasteiger charge is -2.29. The van der Waals surface area contributed by atoms with E-state index >= 15 is 0 Å². The van der Waals surface area contributed by atoms with Crippen LogP contribution in [0.4, 0.5) is 4.39 Å². The van der Waals surface area contributed by atoms with Crippen LogP contribution in [0.2, 0.25) is 5.02 Å². The highest BCUT2D eigenvalue weighted by molar-refractivity contribution is 6.30. The van der Waals surface area contributed by atoms with Gasteiger partial charge in [0.25, 0.3) is 0 Å².